The summed E-state index contributed by atoms with van der Waals surface area (Å²) < 4.78 is 6.05. The monoisotopic (exact) mass is 381 g/mol. The summed E-state index contributed by atoms with van der Waals surface area (Å²) in [6.07, 6.45) is 2.94. The van der Waals surface area contributed by atoms with Crippen molar-refractivity contribution in [3.63, 3.8) is 0 Å². The number of hydrogen-bond acceptors (Lipinski definition) is 4. The lowest BCUT2D eigenvalue weighted by molar-refractivity contribution is 0.223. The van der Waals surface area contributed by atoms with Gasteiger partial charge in [-0.3, -0.25) is 4.90 Å². The fourth-order valence-corrected chi connectivity index (χ4v) is 3.59. The Balaban J connectivity index is 1.47. The highest BCUT2D eigenvalue weighted by molar-refractivity contribution is 6.33. The zero-order valence-corrected chi connectivity index (χ0v) is 16.8. The molecule has 0 atom stereocenters. The average molecular weight is 382 g/mol. The van der Waals surface area contributed by atoms with Gasteiger partial charge in [-0.1, -0.05) is 44.5 Å². The smallest absolute Gasteiger partial charge is 0.135 e. The minimum absolute atomic E-state index is 0.0184. The maximum Gasteiger partial charge on any atom is 0.135 e. The highest BCUT2D eigenvalue weighted by Gasteiger charge is 2.23. The average Bonchev–Trinajstić information content (AvgIpc) is 3.09. The number of halogens is 1. The number of fused-ring (bicyclic) bond motifs is 1. The van der Waals surface area contributed by atoms with E-state index in [9.17, 15) is 0 Å². The molecule has 1 aliphatic rings. The van der Waals surface area contributed by atoms with Crippen LogP contribution >= 0.6 is 11.6 Å². The fraction of sp³-hybridized carbons (Fsp3) is 0.364. The van der Waals surface area contributed by atoms with Crippen molar-refractivity contribution in [3.8, 4) is 11.3 Å². The van der Waals surface area contributed by atoms with Crippen molar-refractivity contribution in [3.05, 3.63) is 70.5 Å². The summed E-state index contributed by atoms with van der Waals surface area (Å²) in [5.41, 5.74) is 3.31. The van der Waals surface area contributed by atoms with E-state index in [0.717, 1.165) is 49.0 Å². The number of aromatic nitrogens is 2. The minimum Gasteiger partial charge on any atom is -0.460 e. The Labute approximate surface area is 165 Å². The van der Waals surface area contributed by atoms with Gasteiger partial charge in [-0.15, -0.1) is 0 Å². The standard InChI is InChI=1S/C22H24ClN3O/c1-22(2,3)21-24-12-15-13-26(11-10-19(15)25-21)14-16-8-9-20(27-16)17-6-4-5-7-18(17)23/h4-9,12H,10-11,13-14H2,1-3H3. The molecule has 0 spiro atoms. The number of rotatable bonds is 3. The maximum atomic E-state index is 6.28. The summed E-state index contributed by atoms with van der Waals surface area (Å²) in [5.74, 6) is 2.68. The lowest BCUT2D eigenvalue weighted by Crippen LogP contribution is -2.31. The maximum absolute atomic E-state index is 6.28. The van der Waals surface area contributed by atoms with E-state index in [0.29, 0.717) is 5.02 Å². The predicted octanol–water partition coefficient (Wildman–Crippen LogP) is 5.25. The third-order valence-corrected chi connectivity index (χ3v) is 5.19. The van der Waals surface area contributed by atoms with Gasteiger partial charge in [0.1, 0.15) is 17.3 Å². The van der Waals surface area contributed by atoms with E-state index >= 15 is 0 Å². The Hall–Kier alpha value is -2.17. The molecule has 0 N–H and O–H groups in total. The van der Waals surface area contributed by atoms with Crippen LogP contribution in [0.2, 0.25) is 5.02 Å². The van der Waals surface area contributed by atoms with Crippen molar-refractivity contribution in [2.75, 3.05) is 6.54 Å². The molecule has 2 aromatic heterocycles. The third-order valence-electron chi connectivity index (χ3n) is 4.86. The van der Waals surface area contributed by atoms with E-state index < -0.39 is 0 Å². The molecule has 3 aromatic rings. The molecule has 4 nitrogen and oxygen atoms in total. The van der Waals surface area contributed by atoms with Crippen LogP contribution in [0.15, 0.2) is 47.0 Å². The first-order valence-corrected chi connectivity index (χ1v) is 9.69. The first-order valence-electron chi connectivity index (χ1n) is 9.31. The van der Waals surface area contributed by atoms with Crippen LogP contribution in [-0.4, -0.2) is 21.4 Å². The zero-order valence-electron chi connectivity index (χ0n) is 16.0. The molecule has 0 radical (unpaired) electrons. The molecule has 0 bridgehead atoms. The predicted molar refractivity (Wildman–Crippen MR) is 108 cm³/mol. The molecule has 1 aliphatic heterocycles. The summed E-state index contributed by atoms with van der Waals surface area (Å²) in [6.45, 7) is 9.04. The zero-order chi connectivity index (χ0) is 19.0. The molecule has 0 amide bonds. The molecule has 3 heterocycles. The van der Waals surface area contributed by atoms with Crippen molar-refractivity contribution in [2.45, 2.75) is 45.7 Å². The molecule has 0 saturated carbocycles. The molecular formula is C22H24ClN3O. The summed E-state index contributed by atoms with van der Waals surface area (Å²) in [5, 5.41) is 0.706. The lowest BCUT2D eigenvalue weighted by atomic mass is 9.95. The molecule has 0 fully saturated rings. The first-order chi connectivity index (χ1) is 12.9. The van der Waals surface area contributed by atoms with E-state index in [1.807, 2.05) is 42.6 Å². The molecule has 0 aliphatic carbocycles. The first kappa shape index (κ1) is 18.2. The van der Waals surface area contributed by atoms with Gasteiger partial charge in [-0.25, -0.2) is 9.97 Å². The van der Waals surface area contributed by atoms with E-state index in [4.69, 9.17) is 21.0 Å². The molecule has 1 aromatic carbocycles. The Kier molecular flexibility index (Phi) is 4.79. The highest BCUT2D eigenvalue weighted by atomic mass is 35.5. The molecule has 0 unspecified atom stereocenters. The Morgan fingerprint density at radius 1 is 1.15 bits per heavy atom. The van der Waals surface area contributed by atoms with Gasteiger partial charge in [-0.2, -0.15) is 0 Å². The number of hydrogen-bond donors (Lipinski definition) is 0. The van der Waals surface area contributed by atoms with Gasteiger partial charge in [0.25, 0.3) is 0 Å². The topological polar surface area (TPSA) is 42.2 Å². The second-order valence-corrected chi connectivity index (χ2v) is 8.53. The molecule has 0 saturated heterocycles. The fourth-order valence-electron chi connectivity index (χ4n) is 3.36. The van der Waals surface area contributed by atoms with Gasteiger partial charge in [0.05, 0.1) is 11.6 Å². The van der Waals surface area contributed by atoms with Crippen LogP contribution in [0.1, 0.15) is 43.6 Å². The number of benzene rings is 1. The van der Waals surface area contributed by atoms with E-state index in [1.54, 1.807) is 0 Å². The minimum atomic E-state index is -0.0184. The molecule has 4 rings (SSSR count). The Bertz CT molecular complexity index is 958. The van der Waals surface area contributed by atoms with Crippen molar-refractivity contribution in [1.29, 1.82) is 0 Å². The second kappa shape index (κ2) is 7.10. The van der Waals surface area contributed by atoms with E-state index in [-0.39, 0.29) is 5.41 Å². The second-order valence-electron chi connectivity index (χ2n) is 8.12. The van der Waals surface area contributed by atoms with Gasteiger partial charge in [0.2, 0.25) is 0 Å². The summed E-state index contributed by atoms with van der Waals surface area (Å²) in [6, 6.07) is 11.8. The summed E-state index contributed by atoms with van der Waals surface area (Å²) in [4.78, 5) is 11.8. The quantitative estimate of drug-likeness (QED) is 0.621. The number of furan rings is 1. The van der Waals surface area contributed by atoms with Crippen LogP contribution < -0.4 is 0 Å². The van der Waals surface area contributed by atoms with Crippen molar-refractivity contribution >= 4 is 11.6 Å². The van der Waals surface area contributed by atoms with Crippen molar-refractivity contribution < 1.29 is 4.42 Å². The van der Waals surface area contributed by atoms with Gasteiger partial charge in [0.15, 0.2) is 0 Å². The highest BCUT2D eigenvalue weighted by Crippen LogP contribution is 2.30. The van der Waals surface area contributed by atoms with Gasteiger partial charge < -0.3 is 4.42 Å². The van der Waals surface area contributed by atoms with Gasteiger partial charge >= 0.3 is 0 Å². The van der Waals surface area contributed by atoms with Crippen LogP contribution in [0, 0.1) is 0 Å². The third kappa shape index (κ3) is 3.92. The SMILES string of the molecule is CC(C)(C)c1ncc2c(n1)CCN(Cc1ccc(-c3ccccc3Cl)o1)C2. The molecule has 140 valence electrons. The molecule has 27 heavy (non-hydrogen) atoms. The lowest BCUT2D eigenvalue weighted by Gasteiger charge is -2.28. The van der Waals surface area contributed by atoms with E-state index in [2.05, 4.69) is 30.7 Å². The van der Waals surface area contributed by atoms with Gasteiger partial charge in [-0.05, 0) is 24.3 Å². The Morgan fingerprint density at radius 3 is 2.74 bits per heavy atom. The molecular weight excluding hydrogens is 358 g/mol. The normalized spacial score (nSPS) is 15.0. The van der Waals surface area contributed by atoms with Crippen LogP contribution in [-0.2, 0) is 24.9 Å². The van der Waals surface area contributed by atoms with Crippen LogP contribution in [0.5, 0.6) is 0 Å². The van der Waals surface area contributed by atoms with Crippen LogP contribution in [0.3, 0.4) is 0 Å². The van der Waals surface area contributed by atoms with Crippen molar-refractivity contribution in [2.24, 2.45) is 0 Å². The summed E-state index contributed by atoms with van der Waals surface area (Å²) >= 11 is 6.28. The Morgan fingerprint density at radius 2 is 1.96 bits per heavy atom. The van der Waals surface area contributed by atoms with Gasteiger partial charge in [0, 0.05) is 47.9 Å². The van der Waals surface area contributed by atoms with Crippen LogP contribution in [0.4, 0.5) is 0 Å². The summed E-state index contributed by atoms with van der Waals surface area (Å²) in [7, 11) is 0. The largest absolute Gasteiger partial charge is 0.460 e. The number of nitrogens with zero attached hydrogens (tertiary/aromatic N) is 3. The van der Waals surface area contributed by atoms with Crippen LogP contribution in [0.25, 0.3) is 11.3 Å². The molecule has 5 heteroatoms. The van der Waals surface area contributed by atoms with Crippen molar-refractivity contribution in [1.82, 2.24) is 14.9 Å². The van der Waals surface area contributed by atoms with E-state index in [1.165, 1.54) is 11.3 Å².